The number of piperazine rings is 1. The number of hydrogen-bond acceptors (Lipinski definition) is 5. The van der Waals surface area contributed by atoms with Gasteiger partial charge in [0.1, 0.15) is 10.3 Å². The van der Waals surface area contributed by atoms with Crippen LogP contribution in [-0.2, 0) is 14.8 Å². The minimum Gasteiger partial charge on any atom is -0.367 e. The third-order valence-electron chi connectivity index (χ3n) is 5.20. The lowest BCUT2D eigenvalue weighted by molar-refractivity contribution is -0.133. The number of halogens is 1. The molecule has 0 unspecified atom stereocenters. The number of carbonyl (C=O) groups excluding carboxylic acids is 1. The van der Waals surface area contributed by atoms with Gasteiger partial charge in [0.15, 0.2) is 0 Å². The van der Waals surface area contributed by atoms with Crippen LogP contribution in [0, 0.1) is 0 Å². The Morgan fingerprint density at radius 2 is 1.61 bits per heavy atom. The average molecular weight is 476 g/mol. The summed E-state index contributed by atoms with van der Waals surface area (Å²) in [5, 5.41) is 2.37. The highest BCUT2D eigenvalue weighted by atomic mass is 35.5. The van der Waals surface area contributed by atoms with E-state index in [1.54, 1.807) is 40.6 Å². The monoisotopic (exact) mass is 475 g/mol. The summed E-state index contributed by atoms with van der Waals surface area (Å²) in [4.78, 5) is 17.3. The van der Waals surface area contributed by atoms with Crippen molar-refractivity contribution in [3.05, 3.63) is 82.7 Å². The molecule has 1 amide bonds. The number of thiophene rings is 1. The van der Waals surface area contributed by atoms with Crippen LogP contribution in [0.2, 0.25) is 5.02 Å². The Balaban J connectivity index is 1.52. The fraction of sp³-hybridized carbons (Fsp3) is 0.227. The maximum absolute atomic E-state index is 13.4. The number of rotatable bonds is 6. The van der Waals surface area contributed by atoms with Crippen LogP contribution in [-0.4, -0.2) is 45.4 Å². The molecule has 0 saturated carbocycles. The molecular weight excluding hydrogens is 454 g/mol. The van der Waals surface area contributed by atoms with Crippen LogP contribution in [0.25, 0.3) is 0 Å². The minimum atomic E-state index is -3.81. The first-order chi connectivity index (χ1) is 15.0. The van der Waals surface area contributed by atoms with E-state index in [2.05, 4.69) is 9.62 Å². The Bertz CT molecular complexity index is 1130. The van der Waals surface area contributed by atoms with Gasteiger partial charge in [-0.2, -0.15) is 4.72 Å². The van der Waals surface area contributed by atoms with Gasteiger partial charge in [-0.25, -0.2) is 8.42 Å². The number of amides is 1. The van der Waals surface area contributed by atoms with Gasteiger partial charge in [-0.1, -0.05) is 60.1 Å². The molecule has 1 fully saturated rings. The number of sulfonamides is 1. The molecule has 1 aromatic heterocycles. The van der Waals surface area contributed by atoms with Crippen LogP contribution in [0.15, 0.2) is 76.3 Å². The number of benzene rings is 2. The highest BCUT2D eigenvalue weighted by Crippen LogP contribution is 2.27. The Morgan fingerprint density at radius 1 is 0.935 bits per heavy atom. The Labute approximate surface area is 191 Å². The Hall–Kier alpha value is -2.39. The van der Waals surface area contributed by atoms with Gasteiger partial charge < -0.3 is 9.80 Å². The first-order valence-corrected chi connectivity index (χ1v) is 12.6. The summed E-state index contributed by atoms with van der Waals surface area (Å²) >= 11 is 7.43. The molecule has 1 aliphatic heterocycles. The summed E-state index contributed by atoms with van der Waals surface area (Å²) in [6.45, 7) is 2.20. The van der Waals surface area contributed by atoms with Crippen molar-refractivity contribution in [3.8, 4) is 0 Å². The van der Waals surface area contributed by atoms with Crippen LogP contribution >= 0.6 is 22.9 Å². The summed E-state index contributed by atoms with van der Waals surface area (Å²) in [5.74, 6) is -0.259. The number of nitrogens with one attached hydrogen (secondary N) is 1. The zero-order chi connectivity index (χ0) is 21.8. The van der Waals surface area contributed by atoms with Gasteiger partial charge in [0.2, 0.25) is 5.91 Å². The highest BCUT2D eigenvalue weighted by molar-refractivity contribution is 7.91. The summed E-state index contributed by atoms with van der Waals surface area (Å²) < 4.78 is 28.5. The molecule has 1 aliphatic rings. The molecule has 1 atom stereocenters. The summed E-state index contributed by atoms with van der Waals surface area (Å²) in [5.41, 5.74) is 1.55. The molecule has 0 spiro atoms. The minimum absolute atomic E-state index is 0.185. The van der Waals surface area contributed by atoms with Crippen molar-refractivity contribution in [1.29, 1.82) is 0 Å². The van der Waals surface area contributed by atoms with Crippen molar-refractivity contribution in [3.63, 3.8) is 0 Å². The van der Waals surface area contributed by atoms with Gasteiger partial charge in [0.05, 0.1) is 10.7 Å². The summed E-state index contributed by atoms with van der Waals surface area (Å²) in [6, 6.07) is 18.8. The first kappa shape index (κ1) is 21.8. The predicted molar refractivity (Wildman–Crippen MR) is 124 cm³/mol. The van der Waals surface area contributed by atoms with Gasteiger partial charge in [-0.3, -0.25) is 4.79 Å². The van der Waals surface area contributed by atoms with E-state index in [9.17, 15) is 13.2 Å². The Kier molecular flexibility index (Phi) is 6.62. The van der Waals surface area contributed by atoms with E-state index in [-0.39, 0.29) is 10.1 Å². The van der Waals surface area contributed by atoms with Crippen molar-refractivity contribution in [2.75, 3.05) is 31.1 Å². The zero-order valence-electron chi connectivity index (χ0n) is 16.6. The van der Waals surface area contributed by atoms with E-state index in [4.69, 9.17) is 11.6 Å². The molecule has 1 saturated heterocycles. The fourth-order valence-electron chi connectivity index (χ4n) is 3.59. The van der Waals surface area contributed by atoms with E-state index in [0.29, 0.717) is 36.8 Å². The number of para-hydroxylation sites is 1. The highest BCUT2D eigenvalue weighted by Gasteiger charge is 2.32. The molecule has 0 aliphatic carbocycles. The van der Waals surface area contributed by atoms with Crippen molar-refractivity contribution in [2.24, 2.45) is 0 Å². The predicted octanol–water partition coefficient (Wildman–Crippen LogP) is 3.77. The van der Waals surface area contributed by atoms with E-state index in [1.165, 1.54) is 6.07 Å². The largest absolute Gasteiger partial charge is 0.367 e. The second kappa shape index (κ2) is 9.40. The normalized spacial score (nSPS) is 15.6. The molecule has 3 aromatic rings. The molecule has 0 bridgehead atoms. The van der Waals surface area contributed by atoms with Crippen LogP contribution in [0.5, 0.6) is 0 Å². The lowest BCUT2D eigenvalue weighted by Gasteiger charge is -2.38. The van der Waals surface area contributed by atoms with E-state index in [1.807, 2.05) is 30.3 Å². The standard InChI is InChI=1S/C22H22ClN3O3S2/c23-18-9-4-5-10-19(18)25-12-14-26(15-13-25)22(27)21(17-7-2-1-3-8-17)24-31(28,29)20-11-6-16-30-20/h1-11,16,21,24H,12-15H2/t21-/m1/s1. The number of anilines is 1. The smallest absolute Gasteiger partial charge is 0.251 e. The molecule has 4 rings (SSSR count). The maximum atomic E-state index is 13.4. The van der Waals surface area contributed by atoms with Gasteiger partial charge in [0, 0.05) is 26.2 Å². The first-order valence-electron chi connectivity index (χ1n) is 9.85. The van der Waals surface area contributed by atoms with E-state index in [0.717, 1.165) is 17.0 Å². The molecule has 0 radical (unpaired) electrons. The van der Waals surface area contributed by atoms with Gasteiger partial charge in [0.25, 0.3) is 10.0 Å². The van der Waals surface area contributed by atoms with Crippen molar-refractivity contribution in [1.82, 2.24) is 9.62 Å². The second-order valence-corrected chi connectivity index (χ2v) is 10.5. The summed E-state index contributed by atoms with van der Waals surface area (Å²) in [7, 11) is -3.81. The van der Waals surface area contributed by atoms with Crippen molar-refractivity contribution >= 4 is 44.6 Å². The topological polar surface area (TPSA) is 69.7 Å². The number of nitrogens with zero attached hydrogens (tertiary/aromatic N) is 2. The SMILES string of the molecule is O=C([C@H](NS(=O)(=O)c1cccs1)c1ccccc1)N1CCN(c2ccccc2Cl)CC1. The maximum Gasteiger partial charge on any atom is 0.251 e. The molecule has 2 aromatic carbocycles. The second-order valence-electron chi connectivity index (χ2n) is 7.16. The van der Waals surface area contributed by atoms with Crippen LogP contribution in [0.3, 0.4) is 0 Å². The summed E-state index contributed by atoms with van der Waals surface area (Å²) in [6.07, 6.45) is 0. The van der Waals surface area contributed by atoms with Crippen LogP contribution in [0.1, 0.15) is 11.6 Å². The molecule has 6 nitrogen and oxygen atoms in total. The molecule has 31 heavy (non-hydrogen) atoms. The van der Waals surface area contributed by atoms with Gasteiger partial charge in [-0.05, 0) is 29.1 Å². The fourth-order valence-corrected chi connectivity index (χ4v) is 6.04. The van der Waals surface area contributed by atoms with Crippen LogP contribution < -0.4 is 9.62 Å². The van der Waals surface area contributed by atoms with E-state index >= 15 is 0 Å². The third-order valence-corrected chi connectivity index (χ3v) is 8.34. The molecular formula is C22H22ClN3O3S2. The van der Waals surface area contributed by atoms with Crippen molar-refractivity contribution in [2.45, 2.75) is 10.3 Å². The molecule has 2 heterocycles. The Morgan fingerprint density at radius 3 is 2.26 bits per heavy atom. The molecule has 1 N–H and O–H groups in total. The molecule has 9 heteroatoms. The van der Waals surface area contributed by atoms with Gasteiger partial charge in [-0.15, -0.1) is 11.3 Å². The number of carbonyl (C=O) groups is 1. The van der Waals surface area contributed by atoms with E-state index < -0.39 is 16.1 Å². The molecule has 162 valence electrons. The third kappa shape index (κ3) is 4.93. The van der Waals surface area contributed by atoms with Gasteiger partial charge >= 0.3 is 0 Å². The van der Waals surface area contributed by atoms with Crippen LogP contribution in [0.4, 0.5) is 5.69 Å². The lowest BCUT2D eigenvalue weighted by Crippen LogP contribution is -2.52. The van der Waals surface area contributed by atoms with Crippen molar-refractivity contribution < 1.29 is 13.2 Å². The quantitative estimate of drug-likeness (QED) is 0.589. The lowest BCUT2D eigenvalue weighted by atomic mass is 10.1. The zero-order valence-corrected chi connectivity index (χ0v) is 19.0. The number of hydrogen-bond donors (Lipinski definition) is 1. The average Bonchev–Trinajstić information content (AvgIpc) is 3.34.